The molecule has 0 aromatic carbocycles. The van der Waals surface area contributed by atoms with Gasteiger partial charge in [-0.1, -0.05) is 66.2 Å². The van der Waals surface area contributed by atoms with Crippen LogP contribution in [0.4, 0.5) is 0 Å². The Labute approximate surface area is 195 Å². The SMILES string of the molecule is CC(C)CCCCCC(=O)O.CC(C)CCCCCC(=O)O.OCCOCCOCCO. The smallest absolute Gasteiger partial charge is 0.303 e. The van der Waals surface area contributed by atoms with Crippen LogP contribution in [-0.2, 0) is 19.1 Å². The minimum absolute atomic E-state index is 0.0417. The lowest BCUT2D eigenvalue weighted by molar-refractivity contribution is -0.138. The third-order valence-electron chi connectivity index (χ3n) is 4.19. The molecule has 0 unspecified atom stereocenters. The van der Waals surface area contributed by atoms with E-state index in [0.717, 1.165) is 37.5 Å². The fraction of sp³-hybridized carbons (Fsp3) is 0.917. The minimum atomic E-state index is -0.672. The van der Waals surface area contributed by atoms with Crippen molar-refractivity contribution in [3.63, 3.8) is 0 Å². The van der Waals surface area contributed by atoms with E-state index < -0.39 is 11.9 Å². The maximum absolute atomic E-state index is 10.1. The fourth-order valence-corrected chi connectivity index (χ4v) is 2.46. The highest BCUT2D eigenvalue weighted by atomic mass is 16.5. The molecule has 4 N–H and O–H groups in total. The molecule has 0 aliphatic carbocycles. The van der Waals surface area contributed by atoms with Gasteiger partial charge in [0.1, 0.15) is 0 Å². The van der Waals surface area contributed by atoms with Gasteiger partial charge in [-0.3, -0.25) is 9.59 Å². The number of hydrogen-bond donors (Lipinski definition) is 4. The van der Waals surface area contributed by atoms with Gasteiger partial charge in [0.05, 0.1) is 39.6 Å². The van der Waals surface area contributed by atoms with Crippen molar-refractivity contribution >= 4 is 11.9 Å². The van der Waals surface area contributed by atoms with Gasteiger partial charge in [0, 0.05) is 12.8 Å². The lowest BCUT2D eigenvalue weighted by Crippen LogP contribution is -2.09. The Bertz CT molecular complexity index is 350. The standard InChI is InChI=1S/2C9H18O2.C6H14O4/c2*1-8(2)6-4-3-5-7-9(10)11;7-1-3-9-5-6-10-4-2-8/h2*8H,3-7H2,1-2H3,(H,10,11);7-8H,1-6H2. The minimum Gasteiger partial charge on any atom is -0.481 e. The summed E-state index contributed by atoms with van der Waals surface area (Å²) < 4.78 is 9.75. The van der Waals surface area contributed by atoms with Crippen LogP contribution in [0.3, 0.4) is 0 Å². The molecule has 0 saturated heterocycles. The molecule has 0 saturated carbocycles. The fourth-order valence-electron chi connectivity index (χ4n) is 2.46. The molecule has 0 aromatic heterocycles. The van der Waals surface area contributed by atoms with Crippen LogP contribution in [0.1, 0.15) is 91.9 Å². The van der Waals surface area contributed by atoms with E-state index >= 15 is 0 Å². The predicted molar refractivity (Wildman–Crippen MR) is 127 cm³/mol. The van der Waals surface area contributed by atoms with E-state index in [9.17, 15) is 9.59 Å². The maximum Gasteiger partial charge on any atom is 0.303 e. The molecule has 0 bridgehead atoms. The van der Waals surface area contributed by atoms with Crippen LogP contribution < -0.4 is 0 Å². The Morgan fingerprint density at radius 1 is 0.594 bits per heavy atom. The largest absolute Gasteiger partial charge is 0.481 e. The van der Waals surface area contributed by atoms with Gasteiger partial charge in [-0.25, -0.2) is 0 Å². The summed E-state index contributed by atoms with van der Waals surface area (Å²) in [5.74, 6) is 0.156. The number of carboxylic acid groups (broad SMARTS) is 2. The molecule has 32 heavy (non-hydrogen) atoms. The summed E-state index contributed by atoms with van der Waals surface area (Å²) in [6.45, 7) is 10.5. The zero-order chi connectivity index (χ0) is 25.0. The Kier molecular flexibility index (Phi) is 32.9. The van der Waals surface area contributed by atoms with E-state index in [1.165, 1.54) is 25.7 Å². The van der Waals surface area contributed by atoms with Gasteiger partial charge in [0.15, 0.2) is 0 Å². The van der Waals surface area contributed by atoms with Crippen LogP contribution in [0.2, 0.25) is 0 Å². The summed E-state index contributed by atoms with van der Waals surface area (Å²) in [7, 11) is 0. The molecule has 0 atom stereocenters. The highest BCUT2D eigenvalue weighted by molar-refractivity contribution is 5.66. The van der Waals surface area contributed by atoms with Crippen molar-refractivity contribution in [1.82, 2.24) is 0 Å². The first-order chi connectivity index (χ1) is 15.2. The topological polar surface area (TPSA) is 134 Å². The van der Waals surface area contributed by atoms with Crippen molar-refractivity contribution < 1.29 is 39.5 Å². The molecule has 0 radical (unpaired) electrons. The zero-order valence-electron chi connectivity index (χ0n) is 20.9. The third kappa shape index (κ3) is 46.8. The molecule has 8 nitrogen and oxygen atoms in total. The van der Waals surface area contributed by atoms with Crippen molar-refractivity contribution in [3.8, 4) is 0 Å². The summed E-state index contributed by atoms with van der Waals surface area (Å²) in [6, 6.07) is 0. The van der Waals surface area contributed by atoms with Crippen molar-refractivity contribution in [3.05, 3.63) is 0 Å². The number of aliphatic hydroxyl groups excluding tert-OH is 2. The average molecular weight is 467 g/mol. The second-order valence-corrected chi connectivity index (χ2v) is 8.45. The van der Waals surface area contributed by atoms with E-state index in [2.05, 4.69) is 27.7 Å². The Balaban J connectivity index is -0.000000395. The highest BCUT2D eigenvalue weighted by Crippen LogP contribution is 2.09. The summed E-state index contributed by atoms with van der Waals surface area (Å²) in [5, 5.41) is 33.2. The number of ether oxygens (including phenoxy) is 2. The molecule has 8 heteroatoms. The molecule has 0 amide bonds. The summed E-state index contributed by atoms with van der Waals surface area (Å²) in [6.07, 6.45) is 9.24. The number of rotatable bonds is 19. The number of aliphatic carboxylic acids is 2. The van der Waals surface area contributed by atoms with Crippen LogP contribution in [0.25, 0.3) is 0 Å². The van der Waals surface area contributed by atoms with Gasteiger partial charge in [-0.2, -0.15) is 0 Å². The number of hydrogen-bond acceptors (Lipinski definition) is 6. The molecule has 194 valence electrons. The van der Waals surface area contributed by atoms with Gasteiger partial charge in [0.25, 0.3) is 0 Å². The summed E-state index contributed by atoms with van der Waals surface area (Å²) >= 11 is 0. The van der Waals surface area contributed by atoms with Crippen molar-refractivity contribution in [2.24, 2.45) is 11.8 Å². The normalized spacial score (nSPS) is 10.4. The molecular weight excluding hydrogens is 416 g/mol. The predicted octanol–water partition coefficient (Wildman–Crippen LogP) is 4.36. The zero-order valence-corrected chi connectivity index (χ0v) is 20.9. The van der Waals surface area contributed by atoms with Crippen LogP contribution >= 0.6 is 0 Å². The van der Waals surface area contributed by atoms with Gasteiger partial charge >= 0.3 is 11.9 Å². The molecule has 0 fully saturated rings. The highest BCUT2D eigenvalue weighted by Gasteiger charge is 1.98. The Morgan fingerprint density at radius 2 is 0.938 bits per heavy atom. The van der Waals surface area contributed by atoms with Crippen LogP contribution in [-0.4, -0.2) is 72.0 Å². The molecule has 0 heterocycles. The molecule has 0 aliphatic heterocycles. The van der Waals surface area contributed by atoms with E-state index in [1.807, 2.05) is 0 Å². The first kappa shape index (κ1) is 35.4. The molecular formula is C24H50O8. The Hall–Kier alpha value is -1.22. The van der Waals surface area contributed by atoms with Gasteiger partial charge in [-0.05, 0) is 24.7 Å². The van der Waals surface area contributed by atoms with E-state index in [-0.39, 0.29) is 13.2 Å². The first-order valence-corrected chi connectivity index (χ1v) is 12.0. The van der Waals surface area contributed by atoms with Crippen molar-refractivity contribution in [2.75, 3.05) is 39.6 Å². The number of aliphatic hydroxyl groups is 2. The lowest BCUT2D eigenvalue weighted by Gasteiger charge is -2.02. The van der Waals surface area contributed by atoms with Crippen molar-refractivity contribution in [2.45, 2.75) is 91.9 Å². The monoisotopic (exact) mass is 466 g/mol. The molecule has 0 aromatic rings. The lowest BCUT2D eigenvalue weighted by atomic mass is 10.0. The van der Waals surface area contributed by atoms with Gasteiger partial charge in [-0.15, -0.1) is 0 Å². The summed E-state index contributed by atoms with van der Waals surface area (Å²) in [4.78, 5) is 20.2. The number of carboxylic acids is 2. The van der Waals surface area contributed by atoms with E-state index in [0.29, 0.717) is 39.3 Å². The molecule has 0 rings (SSSR count). The quantitative estimate of drug-likeness (QED) is 0.206. The van der Waals surface area contributed by atoms with E-state index in [4.69, 9.17) is 29.9 Å². The second kappa shape index (κ2) is 29.8. The van der Waals surface area contributed by atoms with Gasteiger partial charge in [0.2, 0.25) is 0 Å². The number of carbonyl (C=O) groups is 2. The Morgan fingerprint density at radius 3 is 1.19 bits per heavy atom. The molecule has 0 spiro atoms. The van der Waals surface area contributed by atoms with Crippen LogP contribution in [0.5, 0.6) is 0 Å². The van der Waals surface area contributed by atoms with Crippen LogP contribution in [0.15, 0.2) is 0 Å². The van der Waals surface area contributed by atoms with Crippen molar-refractivity contribution in [1.29, 1.82) is 0 Å². The van der Waals surface area contributed by atoms with E-state index in [1.54, 1.807) is 0 Å². The maximum atomic E-state index is 10.1. The first-order valence-electron chi connectivity index (χ1n) is 12.0. The van der Waals surface area contributed by atoms with Crippen LogP contribution in [0, 0.1) is 11.8 Å². The second-order valence-electron chi connectivity index (χ2n) is 8.45. The summed E-state index contributed by atoms with van der Waals surface area (Å²) in [5.41, 5.74) is 0. The number of unbranched alkanes of at least 4 members (excludes halogenated alkanes) is 4. The molecule has 0 aliphatic rings. The third-order valence-corrected chi connectivity index (χ3v) is 4.19. The average Bonchev–Trinajstić information content (AvgIpc) is 2.70. The van der Waals surface area contributed by atoms with Gasteiger partial charge < -0.3 is 29.9 Å².